The van der Waals surface area contributed by atoms with Gasteiger partial charge in [-0.25, -0.2) is 0 Å². The van der Waals surface area contributed by atoms with Crippen molar-refractivity contribution in [2.24, 2.45) is 4.99 Å². The first-order valence-corrected chi connectivity index (χ1v) is 5.40. The van der Waals surface area contributed by atoms with Crippen LogP contribution in [0.3, 0.4) is 0 Å². The van der Waals surface area contributed by atoms with Crippen LogP contribution in [-0.4, -0.2) is 17.7 Å². The van der Waals surface area contributed by atoms with Gasteiger partial charge in [-0.3, -0.25) is 4.99 Å². The van der Waals surface area contributed by atoms with Gasteiger partial charge in [-0.15, -0.1) is 0 Å². The van der Waals surface area contributed by atoms with E-state index in [-0.39, 0.29) is 0 Å². The zero-order chi connectivity index (χ0) is 10.7. The molecule has 78 valence electrons. The summed E-state index contributed by atoms with van der Waals surface area (Å²) in [4.78, 5) is 7.73. The van der Waals surface area contributed by atoms with Crippen LogP contribution < -0.4 is 0 Å². The van der Waals surface area contributed by atoms with Crippen LogP contribution in [0.5, 0.6) is 0 Å². The lowest BCUT2D eigenvalue weighted by molar-refractivity contribution is 0.936. The lowest BCUT2D eigenvalue weighted by atomic mass is 10.1. The maximum atomic E-state index is 4.36. The van der Waals surface area contributed by atoms with Crippen LogP contribution in [0.4, 0.5) is 0 Å². The number of fused-ring (bicyclic) bond motifs is 1. The van der Waals surface area contributed by atoms with Crippen molar-refractivity contribution in [2.45, 2.75) is 20.3 Å². The highest BCUT2D eigenvalue weighted by molar-refractivity contribution is 5.93. The van der Waals surface area contributed by atoms with Crippen LogP contribution in [0.1, 0.15) is 24.6 Å². The number of benzene rings is 1. The third kappa shape index (κ3) is 1.94. The molecular weight excluding hydrogens is 184 g/mol. The number of aliphatic imine (C=N–C) groups is 1. The van der Waals surface area contributed by atoms with Crippen LogP contribution in [0, 0.1) is 6.92 Å². The molecule has 0 saturated heterocycles. The van der Waals surface area contributed by atoms with Gasteiger partial charge in [0.05, 0.1) is 5.69 Å². The molecule has 2 heteroatoms. The van der Waals surface area contributed by atoms with Gasteiger partial charge in [0.25, 0.3) is 0 Å². The highest BCUT2D eigenvalue weighted by atomic mass is 14.8. The molecule has 1 aromatic carbocycles. The topological polar surface area (TPSA) is 28.1 Å². The summed E-state index contributed by atoms with van der Waals surface area (Å²) in [6.45, 7) is 5.16. The number of para-hydroxylation sites is 1. The predicted octanol–water partition coefficient (Wildman–Crippen LogP) is 3.31. The number of hydrogen-bond donors (Lipinski definition) is 1. The minimum absolute atomic E-state index is 0.898. The zero-order valence-corrected chi connectivity index (χ0v) is 9.25. The first-order chi connectivity index (χ1) is 7.33. The molecule has 0 aliphatic heterocycles. The van der Waals surface area contributed by atoms with Gasteiger partial charge in [0.15, 0.2) is 0 Å². The summed E-state index contributed by atoms with van der Waals surface area (Å²) in [5.41, 5.74) is 3.60. The van der Waals surface area contributed by atoms with Crippen LogP contribution in [0.15, 0.2) is 29.3 Å². The molecule has 0 saturated carbocycles. The van der Waals surface area contributed by atoms with Gasteiger partial charge in [-0.05, 0) is 25.0 Å². The van der Waals surface area contributed by atoms with Gasteiger partial charge in [-0.1, -0.05) is 25.1 Å². The fourth-order valence-corrected chi connectivity index (χ4v) is 1.72. The molecule has 1 aromatic heterocycles. The van der Waals surface area contributed by atoms with Gasteiger partial charge in [0.2, 0.25) is 0 Å². The van der Waals surface area contributed by atoms with Crippen molar-refractivity contribution in [2.75, 3.05) is 6.54 Å². The van der Waals surface area contributed by atoms with E-state index in [0.717, 1.165) is 18.7 Å². The molecule has 2 rings (SSSR count). The van der Waals surface area contributed by atoms with E-state index in [0.29, 0.717) is 0 Å². The summed E-state index contributed by atoms with van der Waals surface area (Å²) in [5, 5.41) is 1.29. The molecule has 0 radical (unpaired) electrons. The third-order valence-electron chi connectivity index (χ3n) is 2.58. The van der Waals surface area contributed by atoms with Crippen LogP contribution in [-0.2, 0) is 0 Å². The second-order valence-corrected chi connectivity index (χ2v) is 3.74. The molecule has 1 N–H and O–H groups in total. The maximum absolute atomic E-state index is 4.36. The third-order valence-corrected chi connectivity index (χ3v) is 2.58. The number of rotatable bonds is 3. The average molecular weight is 200 g/mol. The molecule has 0 bridgehead atoms. The van der Waals surface area contributed by atoms with Gasteiger partial charge in [0, 0.05) is 23.7 Å². The lowest BCUT2D eigenvalue weighted by Gasteiger charge is -1.90. The highest BCUT2D eigenvalue weighted by Gasteiger charge is 2.03. The van der Waals surface area contributed by atoms with Crippen molar-refractivity contribution in [1.82, 2.24) is 4.98 Å². The number of H-pyrrole nitrogens is 1. The Morgan fingerprint density at radius 1 is 1.33 bits per heavy atom. The Hall–Kier alpha value is -1.57. The minimum Gasteiger partial charge on any atom is -0.354 e. The van der Waals surface area contributed by atoms with Gasteiger partial charge in [0.1, 0.15) is 0 Å². The van der Waals surface area contributed by atoms with Gasteiger partial charge in [-0.2, -0.15) is 0 Å². The molecule has 0 amide bonds. The highest BCUT2D eigenvalue weighted by Crippen LogP contribution is 2.19. The Labute approximate surface area is 90.0 Å². The normalized spacial score (nSPS) is 11.6. The van der Waals surface area contributed by atoms with Gasteiger partial charge < -0.3 is 4.98 Å². The molecule has 2 nitrogen and oxygen atoms in total. The summed E-state index contributed by atoms with van der Waals surface area (Å²) < 4.78 is 0. The van der Waals surface area contributed by atoms with Crippen LogP contribution >= 0.6 is 0 Å². The fourth-order valence-electron chi connectivity index (χ4n) is 1.72. The van der Waals surface area contributed by atoms with E-state index in [4.69, 9.17) is 0 Å². The molecule has 2 aromatic rings. The van der Waals surface area contributed by atoms with E-state index in [1.165, 1.54) is 16.5 Å². The van der Waals surface area contributed by atoms with Crippen molar-refractivity contribution in [1.29, 1.82) is 0 Å². The quantitative estimate of drug-likeness (QED) is 0.736. The molecule has 0 fully saturated rings. The lowest BCUT2D eigenvalue weighted by Crippen LogP contribution is -1.85. The number of nitrogens with one attached hydrogen (secondary N) is 1. The zero-order valence-electron chi connectivity index (χ0n) is 9.25. The summed E-state index contributed by atoms with van der Waals surface area (Å²) >= 11 is 0. The fraction of sp³-hybridized carbons (Fsp3) is 0.308. The monoisotopic (exact) mass is 200 g/mol. The smallest absolute Gasteiger partial charge is 0.0602 e. The van der Waals surface area contributed by atoms with Crippen LogP contribution in [0.2, 0.25) is 0 Å². The minimum atomic E-state index is 0.898. The first-order valence-electron chi connectivity index (χ1n) is 5.40. The van der Waals surface area contributed by atoms with E-state index in [1.807, 2.05) is 12.3 Å². The summed E-state index contributed by atoms with van der Waals surface area (Å²) in [5.74, 6) is 0. The Morgan fingerprint density at radius 3 is 2.87 bits per heavy atom. The van der Waals surface area contributed by atoms with E-state index in [1.54, 1.807) is 0 Å². The van der Waals surface area contributed by atoms with E-state index in [9.17, 15) is 0 Å². The second kappa shape index (κ2) is 4.30. The number of aromatic nitrogens is 1. The Morgan fingerprint density at radius 2 is 2.13 bits per heavy atom. The number of hydrogen-bond acceptors (Lipinski definition) is 1. The molecule has 0 aliphatic carbocycles. The summed E-state index contributed by atoms with van der Waals surface area (Å²) in [6.07, 6.45) is 3.04. The summed E-state index contributed by atoms with van der Waals surface area (Å²) in [7, 11) is 0. The largest absolute Gasteiger partial charge is 0.354 e. The number of nitrogens with zero attached hydrogens (tertiary/aromatic N) is 1. The molecule has 0 unspecified atom stereocenters. The van der Waals surface area contributed by atoms with Crippen molar-refractivity contribution in [3.63, 3.8) is 0 Å². The van der Waals surface area contributed by atoms with E-state index >= 15 is 0 Å². The second-order valence-electron chi connectivity index (χ2n) is 3.74. The number of aromatic amines is 1. The summed E-state index contributed by atoms with van der Waals surface area (Å²) in [6, 6.07) is 8.35. The standard InChI is InChI=1S/C13H16N2/c1-3-8-14-9-13-10(2)11-6-4-5-7-12(11)15-13/h4-7,9,15H,3,8H2,1-2H3. The van der Waals surface area contributed by atoms with Crippen molar-refractivity contribution in [3.05, 3.63) is 35.5 Å². The number of aryl methyl sites for hydroxylation is 1. The van der Waals surface area contributed by atoms with Gasteiger partial charge >= 0.3 is 0 Å². The van der Waals surface area contributed by atoms with E-state index < -0.39 is 0 Å². The predicted molar refractivity (Wildman–Crippen MR) is 65.8 cm³/mol. The van der Waals surface area contributed by atoms with E-state index in [2.05, 4.69) is 42.0 Å². The SMILES string of the molecule is CCCN=Cc1[nH]c2ccccc2c1C. The molecule has 15 heavy (non-hydrogen) atoms. The first kappa shape index (κ1) is 9.97. The van der Waals surface area contributed by atoms with Crippen molar-refractivity contribution >= 4 is 17.1 Å². The molecular formula is C13H16N2. The average Bonchev–Trinajstić information content (AvgIpc) is 2.57. The molecule has 0 atom stereocenters. The van der Waals surface area contributed by atoms with Crippen molar-refractivity contribution < 1.29 is 0 Å². The Kier molecular flexibility index (Phi) is 2.86. The maximum Gasteiger partial charge on any atom is 0.0602 e. The van der Waals surface area contributed by atoms with Crippen LogP contribution in [0.25, 0.3) is 10.9 Å². The Bertz CT molecular complexity index is 480. The van der Waals surface area contributed by atoms with Crippen molar-refractivity contribution in [3.8, 4) is 0 Å². The molecule has 0 aliphatic rings. The Balaban J connectivity index is 2.40. The molecule has 0 spiro atoms. The molecule has 1 heterocycles.